The number of carboxylic acids is 1. The lowest BCUT2D eigenvalue weighted by Crippen LogP contribution is -2.26. The molecular weight excluding hydrogens is 199 g/mol. The van der Waals surface area contributed by atoms with Crippen LogP contribution in [0.15, 0.2) is 0 Å². The van der Waals surface area contributed by atoms with Gasteiger partial charge in [0.25, 0.3) is 0 Å². The number of carboxylic acid groups (broad SMARTS) is 1. The van der Waals surface area contributed by atoms with Crippen molar-refractivity contribution in [3.05, 3.63) is 0 Å². The lowest BCUT2D eigenvalue weighted by atomic mass is 9.93. The molecule has 82 valence electrons. The first-order valence-electron chi connectivity index (χ1n) is 4.27. The highest BCUT2D eigenvalue weighted by Gasteiger charge is 2.42. The van der Waals surface area contributed by atoms with E-state index in [2.05, 4.69) is 0 Å². The summed E-state index contributed by atoms with van der Waals surface area (Å²) in [5.74, 6) is -2.83. The van der Waals surface area contributed by atoms with Gasteiger partial charge >= 0.3 is 12.1 Å². The lowest BCUT2D eigenvalue weighted by molar-refractivity contribution is -0.154. The van der Waals surface area contributed by atoms with Gasteiger partial charge in [0.15, 0.2) is 0 Å². The van der Waals surface area contributed by atoms with Crippen molar-refractivity contribution in [2.24, 2.45) is 11.8 Å². The topological polar surface area (TPSA) is 40.5 Å². The Balaban J connectivity index is 2.62. The first-order chi connectivity index (χ1) is 6.29. The van der Waals surface area contributed by atoms with Crippen molar-refractivity contribution in [3.8, 4) is 0 Å². The Labute approximate surface area is 79.5 Å². The molecule has 6 heteroatoms. The zero-order valence-electron chi connectivity index (χ0n) is 7.71. The van der Waals surface area contributed by atoms with Crippen molar-refractivity contribution >= 4 is 5.97 Å². The number of aliphatic carboxylic acids is 1. The summed E-state index contributed by atoms with van der Waals surface area (Å²) in [7, 11) is 1.63. The van der Waals surface area contributed by atoms with Gasteiger partial charge in [0.05, 0.1) is 5.92 Å². The Kier molecular flexibility index (Phi) is 3.04. The zero-order valence-corrected chi connectivity index (χ0v) is 7.71. The van der Waals surface area contributed by atoms with Gasteiger partial charge in [-0.3, -0.25) is 4.79 Å². The van der Waals surface area contributed by atoms with Crippen molar-refractivity contribution in [3.63, 3.8) is 0 Å². The van der Waals surface area contributed by atoms with Crippen LogP contribution in [-0.4, -0.2) is 42.3 Å². The molecule has 0 aromatic heterocycles. The van der Waals surface area contributed by atoms with Crippen LogP contribution in [0.2, 0.25) is 0 Å². The summed E-state index contributed by atoms with van der Waals surface area (Å²) in [5.41, 5.74) is 0. The van der Waals surface area contributed by atoms with E-state index >= 15 is 0 Å². The van der Waals surface area contributed by atoms with Crippen molar-refractivity contribution < 1.29 is 23.1 Å². The molecule has 0 aromatic carbocycles. The molecule has 2 atom stereocenters. The monoisotopic (exact) mass is 211 g/mol. The van der Waals surface area contributed by atoms with E-state index in [4.69, 9.17) is 5.11 Å². The van der Waals surface area contributed by atoms with Gasteiger partial charge in [-0.25, -0.2) is 0 Å². The van der Waals surface area contributed by atoms with Crippen LogP contribution in [0.1, 0.15) is 6.42 Å². The van der Waals surface area contributed by atoms with Gasteiger partial charge in [-0.2, -0.15) is 13.2 Å². The number of rotatable bonds is 2. The number of hydrogen-bond acceptors (Lipinski definition) is 2. The Morgan fingerprint density at radius 2 is 2.07 bits per heavy atom. The van der Waals surface area contributed by atoms with Gasteiger partial charge < -0.3 is 10.0 Å². The second-order valence-corrected chi connectivity index (χ2v) is 3.75. The summed E-state index contributed by atoms with van der Waals surface area (Å²) < 4.78 is 36.2. The highest BCUT2D eigenvalue weighted by Crippen LogP contribution is 2.33. The Hall–Kier alpha value is -0.780. The van der Waals surface area contributed by atoms with Crippen LogP contribution in [-0.2, 0) is 4.79 Å². The van der Waals surface area contributed by atoms with E-state index in [0.29, 0.717) is 0 Å². The molecule has 1 aliphatic rings. The number of alkyl halides is 3. The Morgan fingerprint density at radius 3 is 2.50 bits per heavy atom. The highest BCUT2D eigenvalue weighted by atomic mass is 19.4. The molecule has 0 saturated carbocycles. The number of hydrogen-bond donors (Lipinski definition) is 1. The third-order valence-electron chi connectivity index (χ3n) is 2.43. The number of likely N-dealkylation sites (tertiary alicyclic amines) is 1. The molecule has 0 bridgehead atoms. The molecule has 0 aromatic rings. The Bertz CT molecular complexity index is 229. The van der Waals surface area contributed by atoms with Gasteiger partial charge in [0.2, 0.25) is 0 Å². The minimum atomic E-state index is -4.27. The maximum Gasteiger partial charge on any atom is 0.389 e. The second kappa shape index (κ2) is 3.76. The fourth-order valence-corrected chi connectivity index (χ4v) is 1.87. The van der Waals surface area contributed by atoms with Crippen LogP contribution in [0.3, 0.4) is 0 Å². The van der Waals surface area contributed by atoms with Gasteiger partial charge in [0, 0.05) is 19.5 Å². The summed E-state index contributed by atoms with van der Waals surface area (Å²) >= 11 is 0. The van der Waals surface area contributed by atoms with E-state index < -0.39 is 30.4 Å². The summed E-state index contributed by atoms with van der Waals surface area (Å²) in [6, 6.07) is 0. The van der Waals surface area contributed by atoms with Crippen molar-refractivity contribution in [1.29, 1.82) is 0 Å². The average Bonchev–Trinajstić information content (AvgIpc) is 2.27. The summed E-state index contributed by atoms with van der Waals surface area (Å²) in [6.07, 6.45) is -5.28. The van der Waals surface area contributed by atoms with E-state index in [1.165, 1.54) is 0 Å². The predicted molar refractivity (Wildman–Crippen MR) is 42.8 cm³/mol. The first kappa shape index (κ1) is 11.3. The quantitative estimate of drug-likeness (QED) is 0.746. The Morgan fingerprint density at radius 1 is 1.50 bits per heavy atom. The molecule has 1 aliphatic heterocycles. The largest absolute Gasteiger partial charge is 0.481 e. The molecule has 0 radical (unpaired) electrons. The zero-order chi connectivity index (χ0) is 10.9. The van der Waals surface area contributed by atoms with E-state index in [-0.39, 0.29) is 13.1 Å². The number of nitrogens with zero attached hydrogens (tertiary/aromatic N) is 1. The van der Waals surface area contributed by atoms with Gasteiger partial charge in [0.1, 0.15) is 0 Å². The fourth-order valence-electron chi connectivity index (χ4n) is 1.87. The fraction of sp³-hybridized carbons (Fsp3) is 0.875. The average molecular weight is 211 g/mol. The van der Waals surface area contributed by atoms with E-state index in [0.717, 1.165) is 0 Å². The van der Waals surface area contributed by atoms with Gasteiger partial charge in [-0.05, 0) is 13.0 Å². The third-order valence-corrected chi connectivity index (χ3v) is 2.43. The van der Waals surface area contributed by atoms with Crippen LogP contribution in [0.25, 0.3) is 0 Å². The molecule has 3 nitrogen and oxygen atoms in total. The molecule has 1 saturated heterocycles. The van der Waals surface area contributed by atoms with Crippen molar-refractivity contribution in [1.82, 2.24) is 4.90 Å². The van der Waals surface area contributed by atoms with Crippen LogP contribution in [0.5, 0.6) is 0 Å². The molecule has 0 spiro atoms. The smallest absolute Gasteiger partial charge is 0.389 e. The minimum absolute atomic E-state index is 0.204. The first-order valence-corrected chi connectivity index (χ1v) is 4.27. The molecule has 1 fully saturated rings. The summed E-state index contributed by atoms with van der Waals surface area (Å²) in [6.45, 7) is 0.409. The van der Waals surface area contributed by atoms with Gasteiger partial charge in [-0.1, -0.05) is 0 Å². The standard InChI is InChI=1S/C8H12F3NO2/c1-12-3-5(2-8(9,10)11)6(4-12)7(13)14/h5-6H,2-4H2,1H3,(H,13,14). The maximum absolute atomic E-state index is 12.1. The summed E-state index contributed by atoms with van der Waals surface area (Å²) in [4.78, 5) is 12.3. The lowest BCUT2D eigenvalue weighted by Gasteiger charge is -2.16. The summed E-state index contributed by atoms with van der Waals surface area (Å²) in [5, 5.41) is 8.70. The van der Waals surface area contributed by atoms with Crippen LogP contribution < -0.4 is 0 Å². The molecular formula is C8H12F3NO2. The molecule has 1 heterocycles. The number of halogens is 3. The van der Waals surface area contributed by atoms with Crippen molar-refractivity contribution in [2.45, 2.75) is 12.6 Å². The molecule has 0 amide bonds. The molecule has 0 aliphatic carbocycles. The molecule has 14 heavy (non-hydrogen) atoms. The van der Waals surface area contributed by atoms with E-state index in [1.54, 1.807) is 11.9 Å². The van der Waals surface area contributed by atoms with Crippen LogP contribution >= 0.6 is 0 Å². The van der Waals surface area contributed by atoms with E-state index in [1.807, 2.05) is 0 Å². The molecule has 1 N–H and O–H groups in total. The third kappa shape index (κ3) is 2.87. The van der Waals surface area contributed by atoms with Crippen molar-refractivity contribution in [2.75, 3.05) is 20.1 Å². The number of carbonyl (C=O) groups is 1. The van der Waals surface area contributed by atoms with Crippen LogP contribution in [0.4, 0.5) is 13.2 Å². The molecule has 1 rings (SSSR count). The van der Waals surface area contributed by atoms with Gasteiger partial charge in [-0.15, -0.1) is 0 Å². The second-order valence-electron chi connectivity index (χ2n) is 3.75. The SMILES string of the molecule is CN1CC(CC(F)(F)F)C(C(=O)O)C1. The molecule has 2 unspecified atom stereocenters. The maximum atomic E-state index is 12.1. The highest BCUT2D eigenvalue weighted by molar-refractivity contribution is 5.71. The normalized spacial score (nSPS) is 29.4. The predicted octanol–water partition coefficient (Wildman–Crippen LogP) is 1.20. The minimum Gasteiger partial charge on any atom is -0.481 e. The van der Waals surface area contributed by atoms with Crippen LogP contribution in [0, 0.1) is 11.8 Å². The van der Waals surface area contributed by atoms with E-state index in [9.17, 15) is 18.0 Å².